The van der Waals surface area contributed by atoms with Crippen molar-refractivity contribution < 1.29 is 24.0 Å². The van der Waals surface area contributed by atoms with Crippen molar-refractivity contribution in [3.63, 3.8) is 0 Å². The van der Waals surface area contributed by atoms with Crippen LogP contribution in [0.5, 0.6) is 5.75 Å². The molecule has 8 nitrogen and oxygen atoms in total. The van der Waals surface area contributed by atoms with Gasteiger partial charge in [0.2, 0.25) is 11.7 Å². The van der Waals surface area contributed by atoms with E-state index < -0.39 is 11.4 Å². The molecular formula is C20H25N3O5. The van der Waals surface area contributed by atoms with E-state index in [1.807, 2.05) is 6.92 Å². The van der Waals surface area contributed by atoms with Gasteiger partial charge in [0, 0.05) is 18.5 Å². The van der Waals surface area contributed by atoms with Crippen molar-refractivity contribution >= 4 is 11.9 Å². The average Bonchev–Trinajstić information content (AvgIpc) is 3.19. The fraction of sp³-hybridized carbons (Fsp3) is 0.500. The zero-order chi connectivity index (χ0) is 20.0. The molecule has 0 spiro atoms. The van der Waals surface area contributed by atoms with E-state index >= 15 is 0 Å². The molecule has 1 amide bonds. The Morgan fingerprint density at radius 2 is 1.93 bits per heavy atom. The highest BCUT2D eigenvalue weighted by molar-refractivity contribution is 5.94. The molecule has 1 saturated carbocycles. The number of rotatable bonds is 8. The minimum Gasteiger partial charge on any atom is -0.485 e. The Hall–Kier alpha value is -2.90. The minimum atomic E-state index is -0.848. The number of aromatic nitrogens is 2. The maximum absolute atomic E-state index is 12.4. The van der Waals surface area contributed by atoms with Crippen LogP contribution in [-0.4, -0.2) is 33.7 Å². The zero-order valence-corrected chi connectivity index (χ0v) is 15.9. The van der Waals surface area contributed by atoms with Gasteiger partial charge in [0.15, 0.2) is 6.61 Å². The van der Waals surface area contributed by atoms with Gasteiger partial charge < -0.3 is 19.7 Å². The first-order valence-corrected chi connectivity index (χ1v) is 9.58. The van der Waals surface area contributed by atoms with Crippen LogP contribution in [0.4, 0.5) is 0 Å². The normalized spacial score (nSPS) is 15.8. The number of amides is 1. The standard InChI is InChI=1S/C20H25N3O5/c1-2-17-22-16(23-28-17)12-27-15-8-6-14(7-9-15)18(24)21-13-20(19(25)26)10-4-3-5-11-20/h6-9H,2-5,10-13H2,1H3,(H,21,24)(H,25,26). The summed E-state index contributed by atoms with van der Waals surface area (Å²) in [5, 5.41) is 16.2. The summed E-state index contributed by atoms with van der Waals surface area (Å²) in [6.45, 7) is 2.25. The predicted molar refractivity (Wildman–Crippen MR) is 99.9 cm³/mol. The van der Waals surface area contributed by atoms with Crippen molar-refractivity contribution in [3.8, 4) is 5.75 Å². The molecule has 0 bridgehead atoms. The first-order valence-electron chi connectivity index (χ1n) is 9.58. The second-order valence-corrected chi connectivity index (χ2v) is 7.10. The molecule has 0 unspecified atom stereocenters. The Bertz CT molecular complexity index is 810. The number of carboxylic acids is 1. The molecule has 3 rings (SSSR count). The van der Waals surface area contributed by atoms with Crippen LogP contribution in [-0.2, 0) is 17.8 Å². The quantitative estimate of drug-likeness (QED) is 0.715. The van der Waals surface area contributed by atoms with E-state index in [4.69, 9.17) is 9.26 Å². The molecule has 1 aliphatic rings. The molecule has 2 N–H and O–H groups in total. The van der Waals surface area contributed by atoms with Gasteiger partial charge >= 0.3 is 5.97 Å². The molecule has 1 heterocycles. The maximum atomic E-state index is 12.4. The zero-order valence-electron chi connectivity index (χ0n) is 15.9. The lowest BCUT2D eigenvalue weighted by molar-refractivity contribution is -0.150. The third-order valence-corrected chi connectivity index (χ3v) is 5.15. The molecular weight excluding hydrogens is 362 g/mol. The number of carbonyl (C=O) groups is 2. The number of nitrogens with zero attached hydrogens (tertiary/aromatic N) is 2. The number of ether oxygens (including phenoxy) is 1. The molecule has 8 heteroatoms. The molecule has 1 aliphatic carbocycles. The van der Waals surface area contributed by atoms with E-state index in [1.165, 1.54) is 0 Å². The summed E-state index contributed by atoms with van der Waals surface area (Å²) in [5.41, 5.74) is -0.393. The number of hydrogen-bond donors (Lipinski definition) is 2. The van der Waals surface area contributed by atoms with Crippen LogP contribution in [0.2, 0.25) is 0 Å². The largest absolute Gasteiger partial charge is 0.485 e. The molecule has 1 aromatic heterocycles. The lowest BCUT2D eigenvalue weighted by atomic mass is 9.74. The highest BCUT2D eigenvalue weighted by Crippen LogP contribution is 2.36. The third kappa shape index (κ3) is 4.68. The maximum Gasteiger partial charge on any atom is 0.311 e. The molecule has 0 saturated heterocycles. The van der Waals surface area contributed by atoms with Crippen molar-refractivity contribution in [1.82, 2.24) is 15.5 Å². The van der Waals surface area contributed by atoms with Crippen LogP contribution in [0.1, 0.15) is 61.1 Å². The molecule has 1 aromatic carbocycles. The van der Waals surface area contributed by atoms with E-state index in [0.717, 1.165) is 19.3 Å². The van der Waals surface area contributed by atoms with E-state index in [0.29, 0.717) is 42.3 Å². The SMILES string of the molecule is CCc1nc(COc2ccc(C(=O)NCC3(C(=O)O)CCCCC3)cc2)no1. The molecule has 0 radical (unpaired) electrons. The summed E-state index contributed by atoms with van der Waals surface area (Å²) in [4.78, 5) is 28.3. The second kappa shape index (κ2) is 8.86. The number of hydrogen-bond acceptors (Lipinski definition) is 6. The monoisotopic (exact) mass is 387 g/mol. The van der Waals surface area contributed by atoms with E-state index in [2.05, 4.69) is 15.5 Å². The summed E-state index contributed by atoms with van der Waals surface area (Å²) in [6, 6.07) is 6.66. The summed E-state index contributed by atoms with van der Waals surface area (Å²) in [6.07, 6.45) is 4.69. The topological polar surface area (TPSA) is 115 Å². The van der Waals surface area contributed by atoms with Crippen LogP contribution < -0.4 is 10.1 Å². The number of carbonyl (C=O) groups excluding carboxylic acids is 1. The van der Waals surface area contributed by atoms with Crippen LogP contribution in [0.15, 0.2) is 28.8 Å². The van der Waals surface area contributed by atoms with Crippen molar-refractivity contribution in [2.24, 2.45) is 5.41 Å². The summed E-state index contributed by atoms with van der Waals surface area (Å²) < 4.78 is 10.6. The fourth-order valence-electron chi connectivity index (χ4n) is 3.39. The van der Waals surface area contributed by atoms with E-state index in [-0.39, 0.29) is 19.1 Å². The second-order valence-electron chi connectivity index (χ2n) is 7.10. The van der Waals surface area contributed by atoms with Gasteiger partial charge in [-0.15, -0.1) is 0 Å². The van der Waals surface area contributed by atoms with E-state index in [1.54, 1.807) is 24.3 Å². The van der Waals surface area contributed by atoms with Crippen LogP contribution in [0.3, 0.4) is 0 Å². The van der Waals surface area contributed by atoms with Crippen molar-refractivity contribution in [2.45, 2.75) is 52.1 Å². The predicted octanol–water partition coefficient (Wildman–Crippen LogP) is 2.98. The lowest BCUT2D eigenvalue weighted by Gasteiger charge is -2.33. The van der Waals surface area contributed by atoms with Gasteiger partial charge in [-0.3, -0.25) is 9.59 Å². The Labute approximate surface area is 163 Å². The molecule has 2 aromatic rings. The number of carboxylic acid groups (broad SMARTS) is 1. The third-order valence-electron chi connectivity index (χ3n) is 5.15. The summed E-state index contributed by atoms with van der Waals surface area (Å²) >= 11 is 0. The van der Waals surface area contributed by atoms with Gasteiger partial charge in [0.1, 0.15) is 5.75 Å². The van der Waals surface area contributed by atoms with Crippen LogP contribution in [0.25, 0.3) is 0 Å². The van der Waals surface area contributed by atoms with E-state index in [9.17, 15) is 14.7 Å². The smallest absolute Gasteiger partial charge is 0.311 e. The minimum absolute atomic E-state index is 0.150. The highest BCUT2D eigenvalue weighted by Gasteiger charge is 2.39. The molecule has 0 aliphatic heterocycles. The van der Waals surface area contributed by atoms with Crippen molar-refractivity contribution in [2.75, 3.05) is 6.54 Å². The number of aliphatic carboxylic acids is 1. The number of nitrogens with one attached hydrogen (secondary N) is 1. The highest BCUT2D eigenvalue weighted by atomic mass is 16.5. The van der Waals surface area contributed by atoms with Crippen molar-refractivity contribution in [1.29, 1.82) is 0 Å². The Balaban J connectivity index is 1.53. The lowest BCUT2D eigenvalue weighted by Crippen LogP contribution is -2.44. The van der Waals surface area contributed by atoms with Gasteiger partial charge in [0.25, 0.3) is 5.91 Å². The van der Waals surface area contributed by atoms with Gasteiger partial charge in [-0.25, -0.2) is 0 Å². The van der Waals surface area contributed by atoms with Gasteiger partial charge in [-0.2, -0.15) is 4.98 Å². The first kappa shape index (κ1) is 19.9. The Morgan fingerprint density at radius 3 is 2.54 bits per heavy atom. The molecule has 0 atom stereocenters. The van der Waals surface area contributed by atoms with Gasteiger partial charge in [-0.1, -0.05) is 31.3 Å². The number of benzene rings is 1. The first-order chi connectivity index (χ1) is 13.5. The number of aryl methyl sites for hydroxylation is 1. The summed E-state index contributed by atoms with van der Waals surface area (Å²) in [5.74, 6) is 0.481. The van der Waals surface area contributed by atoms with Crippen LogP contribution in [0, 0.1) is 5.41 Å². The van der Waals surface area contributed by atoms with Crippen LogP contribution >= 0.6 is 0 Å². The molecule has 28 heavy (non-hydrogen) atoms. The molecule has 1 fully saturated rings. The fourth-order valence-corrected chi connectivity index (χ4v) is 3.39. The molecule has 150 valence electrons. The Morgan fingerprint density at radius 1 is 1.21 bits per heavy atom. The van der Waals surface area contributed by atoms with Crippen molar-refractivity contribution in [3.05, 3.63) is 41.5 Å². The Kier molecular flexibility index (Phi) is 6.28. The average molecular weight is 387 g/mol. The summed E-state index contributed by atoms with van der Waals surface area (Å²) in [7, 11) is 0. The van der Waals surface area contributed by atoms with Gasteiger partial charge in [0.05, 0.1) is 5.41 Å². The van der Waals surface area contributed by atoms with Gasteiger partial charge in [-0.05, 0) is 37.1 Å².